The molecule has 32 heavy (non-hydrogen) atoms. The molecule has 0 saturated heterocycles. The van der Waals surface area contributed by atoms with E-state index >= 15 is 0 Å². The molecule has 4 aromatic rings. The van der Waals surface area contributed by atoms with Crippen LogP contribution in [0.15, 0.2) is 41.2 Å². The number of carboxylic acid groups (broad SMARTS) is 1. The van der Waals surface area contributed by atoms with Crippen LogP contribution in [0, 0.1) is 5.82 Å². The Bertz CT molecular complexity index is 1400. The fourth-order valence-electron chi connectivity index (χ4n) is 2.77. The molecular formula is C19H8Cl2F4N4O3. The highest BCUT2D eigenvalue weighted by molar-refractivity contribution is 6.33. The zero-order valence-electron chi connectivity index (χ0n) is 15.4. The van der Waals surface area contributed by atoms with Gasteiger partial charge in [0, 0.05) is 29.6 Å². The van der Waals surface area contributed by atoms with Crippen LogP contribution in [0.25, 0.3) is 34.7 Å². The summed E-state index contributed by atoms with van der Waals surface area (Å²) in [5, 5.41) is 12.1. The molecule has 0 unspecified atom stereocenters. The molecular weight excluding hydrogens is 479 g/mol. The number of rotatable bonds is 4. The number of halogens is 6. The number of alkyl halides is 3. The van der Waals surface area contributed by atoms with Gasteiger partial charge in [0.25, 0.3) is 5.89 Å². The molecule has 3 aromatic heterocycles. The molecule has 0 atom stereocenters. The van der Waals surface area contributed by atoms with E-state index in [-0.39, 0.29) is 44.2 Å². The summed E-state index contributed by atoms with van der Waals surface area (Å²) in [5.74, 6) is -2.33. The van der Waals surface area contributed by atoms with E-state index in [4.69, 9.17) is 32.8 Å². The number of fused-ring (bicyclic) bond motifs is 1. The van der Waals surface area contributed by atoms with Gasteiger partial charge in [-0.25, -0.2) is 14.2 Å². The summed E-state index contributed by atoms with van der Waals surface area (Å²) in [6, 6.07) is 2.93. The molecule has 4 rings (SSSR count). The highest BCUT2D eigenvalue weighted by atomic mass is 35.5. The number of carboxylic acids is 1. The van der Waals surface area contributed by atoms with Crippen LogP contribution in [0.4, 0.5) is 17.6 Å². The minimum Gasteiger partial charge on any atom is -0.478 e. The van der Waals surface area contributed by atoms with Crippen LogP contribution in [-0.4, -0.2) is 30.6 Å². The maximum Gasteiger partial charge on any atom is 0.417 e. The number of hydrogen-bond acceptors (Lipinski definition) is 5. The molecule has 164 valence electrons. The van der Waals surface area contributed by atoms with Crippen molar-refractivity contribution in [3.05, 3.63) is 63.7 Å². The predicted octanol–water partition coefficient (Wildman–Crippen LogP) is 5.61. The minimum absolute atomic E-state index is 0.0108. The van der Waals surface area contributed by atoms with Crippen molar-refractivity contribution in [2.45, 2.75) is 6.18 Å². The fourth-order valence-corrected chi connectivity index (χ4v) is 3.29. The van der Waals surface area contributed by atoms with Crippen LogP contribution in [0.5, 0.6) is 0 Å². The summed E-state index contributed by atoms with van der Waals surface area (Å²) in [5.41, 5.74) is -0.923. The molecule has 13 heteroatoms. The molecule has 0 saturated carbocycles. The van der Waals surface area contributed by atoms with Gasteiger partial charge in [-0.3, -0.25) is 0 Å². The average molecular weight is 487 g/mol. The average Bonchev–Trinajstić information content (AvgIpc) is 3.34. The van der Waals surface area contributed by atoms with Crippen molar-refractivity contribution in [1.29, 1.82) is 0 Å². The van der Waals surface area contributed by atoms with Gasteiger partial charge in [0.05, 0.1) is 15.6 Å². The van der Waals surface area contributed by atoms with E-state index in [1.54, 1.807) is 0 Å². The SMILES string of the molecule is O=C(O)/C=C/c1cc(Cl)c(-c2noc(-c3cn4cc(C(F)(F)F)cc(Cl)c4n3)n2)cc1F. The summed E-state index contributed by atoms with van der Waals surface area (Å²) in [6.07, 6.45) is -0.795. The van der Waals surface area contributed by atoms with Crippen LogP contribution in [0.3, 0.4) is 0 Å². The molecule has 3 heterocycles. The molecule has 0 amide bonds. The van der Waals surface area contributed by atoms with Gasteiger partial charge >= 0.3 is 12.1 Å². The van der Waals surface area contributed by atoms with Crippen LogP contribution >= 0.6 is 23.2 Å². The van der Waals surface area contributed by atoms with E-state index in [1.165, 1.54) is 12.3 Å². The first kappa shape index (κ1) is 21.8. The maximum atomic E-state index is 14.3. The molecule has 0 bridgehead atoms. The lowest BCUT2D eigenvalue weighted by Crippen LogP contribution is -2.06. The standard InChI is InChI=1S/C19H8Cl2F4N4O3/c20-11-3-8(1-2-15(30)31)13(22)5-10(11)16-27-18(32-28-16)14-7-29-6-9(19(23,24)25)4-12(21)17(29)26-14/h1-7H,(H,30,31)/b2-1+. The van der Waals surface area contributed by atoms with E-state index < -0.39 is 23.5 Å². The highest BCUT2D eigenvalue weighted by Crippen LogP contribution is 2.34. The Morgan fingerprint density at radius 2 is 1.88 bits per heavy atom. The number of aliphatic carboxylic acids is 1. The van der Waals surface area contributed by atoms with Crippen molar-refractivity contribution in [1.82, 2.24) is 19.5 Å². The van der Waals surface area contributed by atoms with Crippen LogP contribution in [-0.2, 0) is 11.0 Å². The van der Waals surface area contributed by atoms with Crippen molar-refractivity contribution < 1.29 is 32.0 Å². The first-order valence-corrected chi connectivity index (χ1v) is 9.28. The fraction of sp³-hybridized carbons (Fsp3) is 0.0526. The number of aromatic nitrogens is 4. The Kier molecular flexibility index (Phi) is 5.39. The lowest BCUT2D eigenvalue weighted by Gasteiger charge is -2.07. The zero-order valence-corrected chi connectivity index (χ0v) is 16.9. The molecule has 0 aliphatic heterocycles. The Morgan fingerprint density at radius 1 is 1.12 bits per heavy atom. The van der Waals surface area contributed by atoms with Crippen LogP contribution in [0.1, 0.15) is 11.1 Å². The van der Waals surface area contributed by atoms with Gasteiger partial charge in [-0.15, -0.1) is 0 Å². The van der Waals surface area contributed by atoms with E-state index in [0.717, 1.165) is 34.9 Å². The monoisotopic (exact) mass is 486 g/mol. The second kappa shape index (κ2) is 7.92. The Morgan fingerprint density at radius 3 is 2.56 bits per heavy atom. The van der Waals surface area contributed by atoms with Gasteiger partial charge in [0.2, 0.25) is 5.82 Å². The number of nitrogens with zero attached hydrogens (tertiary/aromatic N) is 4. The molecule has 0 aliphatic carbocycles. The van der Waals surface area contributed by atoms with Gasteiger partial charge in [0.15, 0.2) is 5.65 Å². The van der Waals surface area contributed by atoms with Crippen LogP contribution in [0.2, 0.25) is 10.0 Å². The number of imidazole rings is 1. The van der Waals surface area contributed by atoms with E-state index in [2.05, 4.69) is 15.1 Å². The van der Waals surface area contributed by atoms with Crippen LogP contribution < -0.4 is 0 Å². The number of benzene rings is 1. The molecule has 0 fully saturated rings. The van der Waals surface area contributed by atoms with Crippen molar-refractivity contribution >= 4 is 40.9 Å². The second-order valence-corrected chi connectivity index (χ2v) is 7.19. The summed E-state index contributed by atoms with van der Waals surface area (Å²) < 4.78 is 59.5. The van der Waals surface area contributed by atoms with Crippen molar-refractivity contribution in [3.63, 3.8) is 0 Å². The first-order valence-electron chi connectivity index (χ1n) is 8.53. The first-order chi connectivity index (χ1) is 15.0. The zero-order chi connectivity index (χ0) is 23.2. The Labute approximate surface area is 185 Å². The summed E-state index contributed by atoms with van der Waals surface area (Å²) >= 11 is 12.1. The molecule has 1 N–H and O–H groups in total. The van der Waals surface area contributed by atoms with E-state index in [1.807, 2.05) is 0 Å². The molecule has 0 aliphatic rings. The molecule has 0 radical (unpaired) electrons. The Balaban J connectivity index is 1.71. The number of carbonyl (C=O) groups is 1. The van der Waals surface area contributed by atoms with Gasteiger partial charge in [0.1, 0.15) is 11.5 Å². The lowest BCUT2D eigenvalue weighted by molar-refractivity contribution is -0.138. The summed E-state index contributed by atoms with van der Waals surface area (Å²) in [4.78, 5) is 18.8. The van der Waals surface area contributed by atoms with Gasteiger partial charge in [-0.2, -0.15) is 18.2 Å². The normalized spacial score (nSPS) is 12.2. The van der Waals surface area contributed by atoms with Crippen molar-refractivity contribution in [3.8, 4) is 23.0 Å². The minimum atomic E-state index is -4.60. The molecule has 0 spiro atoms. The quantitative estimate of drug-likeness (QED) is 0.297. The smallest absolute Gasteiger partial charge is 0.417 e. The van der Waals surface area contributed by atoms with Gasteiger partial charge in [-0.1, -0.05) is 28.4 Å². The van der Waals surface area contributed by atoms with Gasteiger partial charge in [-0.05, 0) is 24.3 Å². The highest BCUT2D eigenvalue weighted by Gasteiger charge is 2.32. The predicted molar refractivity (Wildman–Crippen MR) is 106 cm³/mol. The summed E-state index contributed by atoms with van der Waals surface area (Å²) in [7, 11) is 0. The lowest BCUT2D eigenvalue weighted by atomic mass is 10.1. The third-order valence-electron chi connectivity index (χ3n) is 4.21. The summed E-state index contributed by atoms with van der Waals surface area (Å²) in [6.45, 7) is 0. The molecule has 7 nitrogen and oxygen atoms in total. The third kappa shape index (κ3) is 4.16. The Hall–Kier alpha value is -3.44. The van der Waals surface area contributed by atoms with Gasteiger partial charge < -0.3 is 14.0 Å². The van der Waals surface area contributed by atoms with Crippen molar-refractivity contribution in [2.24, 2.45) is 0 Å². The number of hydrogen-bond donors (Lipinski definition) is 1. The van der Waals surface area contributed by atoms with E-state index in [9.17, 15) is 22.4 Å². The third-order valence-corrected chi connectivity index (χ3v) is 4.80. The largest absolute Gasteiger partial charge is 0.478 e. The second-order valence-electron chi connectivity index (χ2n) is 6.38. The maximum absolute atomic E-state index is 14.3. The van der Waals surface area contributed by atoms with Crippen molar-refractivity contribution in [2.75, 3.05) is 0 Å². The molecule has 1 aromatic carbocycles. The van der Waals surface area contributed by atoms with E-state index in [0.29, 0.717) is 0 Å². The topological polar surface area (TPSA) is 93.5 Å². The number of pyridine rings is 1.